The molecule has 2 N–H and O–H groups in total. The summed E-state index contributed by atoms with van der Waals surface area (Å²) < 4.78 is 10.7. The molecule has 0 bridgehead atoms. The maximum Gasteiger partial charge on any atom is 0.407 e. The summed E-state index contributed by atoms with van der Waals surface area (Å²) in [7, 11) is 0. The molecule has 1 aromatic rings. The summed E-state index contributed by atoms with van der Waals surface area (Å²) in [4.78, 5) is 22.0. The molecule has 8 nitrogen and oxygen atoms in total. The van der Waals surface area contributed by atoms with Crippen LogP contribution >= 0.6 is 0 Å². The molecule has 0 atom stereocenters. The Balaban J connectivity index is 2.41. The van der Waals surface area contributed by atoms with Crippen LogP contribution in [-0.2, 0) is 4.74 Å². The average molecular weight is 339 g/mol. The Kier molecular flexibility index (Phi) is 7.29. The summed E-state index contributed by atoms with van der Waals surface area (Å²) in [6, 6.07) is 4.56. The maximum absolute atomic E-state index is 11.5. The quantitative estimate of drug-likeness (QED) is 0.428. The van der Waals surface area contributed by atoms with Gasteiger partial charge in [0.2, 0.25) is 0 Å². The van der Waals surface area contributed by atoms with Crippen LogP contribution in [0.25, 0.3) is 0 Å². The smallest absolute Gasteiger partial charge is 0.407 e. The van der Waals surface area contributed by atoms with Gasteiger partial charge in [-0.25, -0.2) is 4.79 Å². The zero-order valence-corrected chi connectivity index (χ0v) is 14.5. The van der Waals surface area contributed by atoms with Crippen molar-refractivity contribution >= 4 is 17.5 Å². The van der Waals surface area contributed by atoms with Crippen LogP contribution in [0.1, 0.15) is 34.1 Å². The van der Waals surface area contributed by atoms with E-state index in [1.165, 1.54) is 6.07 Å². The minimum Gasteiger partial charge on any atom is -0.493 e. The van der Waals surface area contributed by atoms with Crippen molar-refractivity contribution in [3.8, 4) is 5.75 Å². The van der Waals surface area contributed by atoms with Gasteiger partial charge < -0.3 is 20.1 Å². The molecule has 0 radical (unpaired) electrons. The predicted molar refractivity (Wildman–Crippen MR) is 91.6 cm³/mol. The van der Waals surface area contributed by atoms with E-state index in [1.807, 2.05) is 6.92 Å². The maximum atomic E-state index is 11.5. The molecule has 1 amide bonds. The summed E-state index contributed by atoms with van der Waals surface area (Å²) in [6.45, 7) is 8.62. The van der Waals surface area contributed by atoms with E-state index in [2.05, 4.69) is 10.6 Å². The Hall–Kier alpha value is -2.51. The van der Waals surface area contributed by atoms with Crippen molar-refractivity contribution in [3.63, 3.8) is 0 Å². The second-order valence-electron chi connectivity index (χ2n) is 6.10. The number of hydrogen-bond acceptors (Lipinski definition) is 6. The fourth-order valence-corrected chi connectivity index (χ4v) is 1.86. The van der Waals surface area contributed by atoms with Gasteiger partial charge >= 0.3 is 6.09 Å². The molecule has 8 heteroatoms. The first-order valence-electron chi connectivity index (χ1n) is 7.85. The summed E-state index contributed by atoms with van der Waals surface area (Å²) in [5, 5.41) is 16.5. The number of carbonyl (C=O) groups is 1. The Bertz CT molecular complexity index is 569. The molecule has 0 aliphatic heterocycles. The number of nitro benzene ring substituents is 1. The number of ether oxygens (including phenoxy) is 2. The SMILES string of the molecule is CCNc1cc(OCCCNC(=O)OC(C)(C)C)ccc1[N+](=O)[O-]. The van der Waals surface area contributed by atoms with Gasteiger partial charge in [0.25, 0.3) is 5.69 Å². The average Bonchev–Trinajstić information content (AvgIpc) is 2.45. The molecule has 0 aromatic heterocycles. The molecule has 1 rings (SSSR count). The molecule has 24 heavy (non-hydrogen) atoms. The van der Waals surface area contributed by atoms with Crippen LogP contribution in [-0.4, -0.2) is 36.3 Å². The molecular weight excluding hydrogens is 314 g/mol. The lowest BCUT2D eigenvalue weighted by Gasteiger charge is -2.19. The third-order valence-electron chi connectivity index (χ3n) is 2.79. The number of alkyl carbamates (subject to hydrolysis) is 1. The summed E-state index contributed by atoms with van der Waals surface area (Å²) in [5.74, 6) is 0.536. The lowest BCUT2D eigenvalue weighted by Crippen LogP contribution is -2.33. The van der Waals surface area contributed by atoms with Crippen molar-refractivity contribution < 1.29 is 19.2 Å². The second-order valence-corrected chi connectivity index (χ2v) is 6.10. The van der Waals surface area contributed by atoms with Crippen LogP contribution in [0.4, 0.5) is 16.2 Å². The molecular formula is C16H25N3O5. The third-order valence-corrected chi connectivity index (χ3v) is 2.79. The highest BCUT2D eigenvalue weighted by molar-refractivity contribution is 5.67. The predicted octanol–water partition coefficient (Wildman–Crippen LogP) is 3.32. The molecule has 134 valence electrons. The van der Waals surface area contributed by atoms with Gasteiger partial charge in [0.1, 0.15) is 17.0 Å². The number of rotatable bonds is 8. The molecule has 0 unspecified atom stereocenters. The lowest BCUT2D eigenvalue weighted by atomic mass is 10.2. The molecule has 0 fully saturated rings. The molecule has 1 aromatic carbocycles. The van der Waals surface area contributed by atoms with E-state index in [0.717, 1.165) is 0 Å². The first kappa shape index (κ1) is 19.5. The van der Waals surface area contributed by atoms with Crippen LogP contribution in [0.3, 0.4) is 0 Å². The zero-order valence-electron chi connectivity index (χ0n) is 14.5. The van der Waals surface area contributed by atoms with Gasteiger partial charge in [-0.2, -0.15) is 0 Å². The molecule has 0 aliphatic carbocycles. The number of carbonyl (C=O) groups excluding carboxylic acids is 1. The van der Waals surface area contributed by atoms with E-state index in [4.69, 9.17) is 9.47 Å². The lowest BCUT2D eigenvalue weighted by molar-refractivity contribution is -0.384. The van der Waals surface area contributed by atoms with Crippen molar-refractivity contribution in [2.24, 2.45) is 0 Å². The number of nitrogens with one attached hydrogen (secondary N) is 2. The van der Waals surface area contributed by atoms with E-state index in [0.29, 0.717) is 37.6 Å². The molecule has 0 spiro atoms. The highest BCUT2D eigenvalue weighted by Crippen LogP contribution is 2.28. The van der Waals surface area contributed by atoms with Gasteiger partial charge in [-0.1, -0.05) is 0 Å². The van der Waals surface area contributed by atoms with E-state index in [1.54, 1.807) is 32.9 Å². The Labute approximate surface area is 141 Å². The first-order valence-corrected chi connectivity index (χ1v) is 7.85. The number of nitro groups is 1. The van der Waals surface area contributed by atoms with Crippen LogP contribution < -0.4 is 15.4 Å². The van der Waals surface area contributed by atoms with Crippen molar-refractivity contribution in [1.82, 2.24) is 5.32 Å². The van der Waals surface area contributed by atoms with Gasteiger partial charge in [0.05, 0.1) is 11.5 Å². The summed E-state index contributed by atoms with van der Waals surface area (Å²) >= 11 is 0. The standard InChI is InChI=1S/C16H25N3O5/c1-5-17-13-11-12(7-8-14(13)19(21)22)23-10-6-9-18-15(20)24-16(2,3)4/h7-8,11,17H,5-6,9-10H2,1-4H3,(H,18,20). The number of anilines is 1. The summed E-state index contributed by atoms with van der Waals surface area (Å²) in [5.41, 5.74) is -0.0927. The first-order chi connectivity index (χ1) is 11.2. The minimum absolute atomic E-state index is 0.00999. The number of amides is 1. The van der Waals surface area contributed by atoms with Crippen molar-refractivity contribution in [2.45, 2.75) is 39.7 Å². The van der Waals surface area contributed by atoms with Crippen LogP contribution in [0.5, 0.6) is 5.75 Å². The minimum atomic E-state index is -0.526. The highest BCUT2D eigenvalue weighted by atomic mass is 16.6. The van der Waals surface area contributed by atoms with E-state index in [9.17, 15) is 14.9 Å². The molecule has 0 saturated heterocycles. The number of hydrogen-bond donors (Lipinski definition) is 2. The van der Waals surface area contributed by atoms with Crippen molar-refractivity contribution in [1.29, 1.82) is 0 Å². The fourth-order valence-electron chi connectivity index (χ4n) is 1.86. The van der Waals surface area contributed by atoms with Gasteiger partial charge in [-0.05, 0) is 40.2 Å². The normalized spacial score (nSPS) is 10.8. The largest absolute Gasteiger partial charge is 0.493 e. The van der Waals surface area contributed by atoms with Gasteiger partial charge in [0.15, 0.2) is 0 Å². The highest BCUT2D eigenvalue weighted by Gasteiger charge is 2.16. The van der Waals surface area contributed by atoms with E-state index in [-0.39, 0.29) is 5.69 Å². The van der Waals surface area contributed by atoms with Gasteiger partial charge in [-0.15, -0.1) is 0 Å². The van der Waals surface area contributed by atoms with Crippen molar-refractivity contribution in [3.05, 3.63) is 28.3 Å². The van der Waals surface area contributed by atoms with E-state index < -0.39 is 16.6 Å². The second kappa shape index (κ2) is 8.95. The molecule has 0 saturated carbocycles. The van der Waals surface area contributed by atoms with Crippen LogP contribution in [0.2, 0.25) is 0 Å². The topological polar surface area (TPSA) is 103 Å². The third kappa shape index (κ3) is 7.17. The van der Waals surface area contributed by atoms with E-state index >= 15 is 0 Å². The van der Waals surface area contributed by atoms with Gasteiger partial charge in [0, 0.05) is 25.2 Å². The van der Waals surface area contributed by atoms with Crippen LogP contribution in [0, 0.1) is 10.1 Å². The zero-order chi connectivity index (χ0) is 18.2. The summed E-state index contributed by atoms with van der Waals surface area (Å²) in [6.07, 6.45) is 0.125. The molecule has 0 aliphatic rings. The number of benzene rings is 1. The Morgan fingerprint density at radius 2 is 2.04 bits per heavy atom. The van der Waals surface area contributed by atoms with Crippen LogP contribution in [0.15, 0.2) is 18.2 Å². The van der Waals surface area contributed by atoms with Gasteiger partial charge in [-0.3, -0.25) is 10.1 Å². The Morgan fingerprint density at radius 3 is 2.62 bits per heavy atom. The molecule has 0 heterocycles. The Morgan fingerprint density at radius 1 is 1.33 bits per heavy atom. The van der Waals surface area contributed by atoms with Crippen molar-refractivity contribution in [2.75, 3.05) is 25.0 Å². The fraction of sp³-hybridized carbons (Fsp3) is 0.562. The number of nitrogens with zero attached hydrogens (tertiary/aromatic N) is 1. The monoisotopic (exact) mass is 339 g/mol.